The van der Waals surface area contributed by atoms with Crippen LogP contribution in [0.3, 0.4) is 0 Å². The molecule has 0 saturated carbocycles. The molecule has 5 aromatic rings. The van der Waals surface area contributed by atoms with E-state index < -0.39 is 5.41 Å². The van der Waals surface area contributed by atoms with Gasteiger partial charge in [0.15, 0.2) is 17.9 Å². The molecule has 1 aliphatic carbocycles. The first-order valence-corrected chi connectivity index (χ1v) is 19.1. The molecule has 0 N–H and O–H groups in total. The smallest absolute Gasteiger partial charge is 0.230 e. The van der Waals surface area contributed by atoms with Crippen molar-refractivity contribution in [1.82, 2.24) is 9.78 Å². The molecule has 2 atom stereocenters. The first kappa shape index (κ1) is 34.6. The van der Waals surface area contributed by atoms with Gasteiger partial charge in [-0.05, 0) is 72.9 Å². The zero-order valence-electron chi connectivity index (χ0n) is 32.2. The average molecular weight is 673 g/mol. The van der Waals surface area contributed by atoms with Crippen LogP contribution in [0.15, 0.2) is 67.0 Å². The number of aromatic nitrogens is 4. The lowest BCUT2D eigenvalue weighted by Crippen LogP contribution is -2.69. The third kappa shape index (κ3) is 4.93. The molecule has 2 aliphatic rings. The minimum Gasteiger partial charge on any atom is -0.258 e. The highest BCUT2D eigenvalue weighted by molar-refractivity contribution is 6.01. The van der Waals surface area contributed by atoms with Gasteiger partial charge in [0.1, 0.15) is 18.6 Å². The second kappa shape index (κ2) is 12.1. The normalized spacial score (nSPS) is 20.5. The molecule has 4 heterocycles. The fourth-order valence-corrected chi connectivity index (χ4v) is 9.76. The minimum atomic E-state index is -0.447. The summed E-state index contributed by atoms with van der Waals surface area (Å²) in [7, 11) is 2.11. The Labute approximate surface area is 299 Å². The van der Waals surface area contributed by atoms with Gasteiger partial charge in [-0.2, -0.15) is 14.2 Å². The van der Waals surface area contributed by atoms with Gasteiger partial charge in [0.25, 0.3) is 0 Å². The molecule has 262 valence electrons. The van der Waals surface area contributed by atoms with Gasteiger partial charge in [0.05, 0.1) is 22.1 Å². The van der Waals surface area contributed by atoms with Crippen molar-refractivity contribution >= 4 is 10.8 Å². The van der Waals surface area contributed by atoms with Gasteiger partial charge in [-0.3, -0.25) is 4.68 Å². The summed E-state index contributed by atoms with van der Waals surface area (Å²) < 4.78 is 23.4. The van der Waals surface area contributed by atoms with E-state index in [0.29, 0.717) is 0 Å². The Morgan fingerprint density at radius 1 is 0.880 bits per heavy atom. The Bertz CT molecular complexity index is 2110. The predicted molar refractivity (Wildman–Crippen MR) is 203 cm³/mol. The van der Waals surface area contributed by atoms with Crippen LogP contribution in [0, 0.1) is 5.82 Å². The highest BCUT2D eigenvalue weighted by Crippen LogP contribution is 2.58. The lowest BCUT2D eigenvalue weighted by atomic mass is 9.55. The molecule has 3 aromatic heterocycles. The van der Waals surface area contributed by atoms with E-state index in [0.717, 1.165) is 74.0 Å². The Morgan fingerprint density at radius 3 is 2.34 bits per heavy atom. The number of pyridine rings is 2. The molecular weight excluding hydrogens is 616 g/mol. The summed E-state index contributed by atoms with van der Waals surface area (Å²) in [5, 5.41) is 7.83. The first-order chi connectivity index (χ1) is 23.7. The molecular formula is C45H57FN4+2. The third-order valence-electron chi connectivity index (χ3n) is 12.8. The summed E-state index contributed by atoms with van der Waals surface area (Å²) in [6.07, 6.45) is 11.7. The number of unbranched alkanes of at least 4 members (excludes halogenated alkanes) is 1. The monoisotopic (exact) mass is 672 g/mol. The quantitative estimate of drug-likeness (QED) is 0.136. The van der Waals surface area contributed by atoms with E-state index in [1.807, 2.05) is 0 Å². The molecule has 50 heavy (non-hydrogen) atoms. The Hall–Kier alpha value is -3.86. The number of rotatable bonds is 10. The molecule has 5 heteroatoms. The molecule has 0 radical (unpaired) electrons. The van der Waals surface area contributed by atoms with Crippen LogP contribution in [0.4, 0.5) is 4.39 Å². The molecule has 1 aliphatic heterocycles. The SMILES string of the molecule is CCCCc1cc2c3c4[n+](ccc3c1)C(CC)(CCCn1nc(C(C)(C)C)cc1-c1cccc[n+]1C)C(C)(CC)c1ccc(F)c(c1-4)C2(C)C. The molecule has 0 fully saturated rings. The lowest BCUT2D eigenvalue weighted by molar-refractivity contribution is -0.769. The van der Waals surface area contributed by atoms with Gasteiger partial charge in [0.2, 0.25) is 11.4 Å². The van der Waals surface area contributed by atoms with Crippen molar-refractivity contribution < 1.29 is 13.5 Å². The second-order valence-electron chi connectivity index (χ2n) is 17.0. The molecule has 2 unspecified atom stereocenters. The van der Waals surface area contributed by atoms with Crippen molar-refractivity contribution in [1.29, 1.82) is 0 Å². The maximum atomic E-state index is 16.4. The Morgan fingerprint density at radius 2 is 1.66 bits per heavy atom. The van der Waals surface area contributed by atoms with Crippen molar-refractivity contribution in [3.63, 3.8) is 0 Å². The predicted octanol–water partition coefficient (Wildman–Crippen LogP) is 10.2. The van der Waals surface area contributed by atoms with Crippen molar-refractivity contribution in [2.45, 2.75) is 136 Å². The zero-order valence-corrected chi connectivity index (χ0v) is 32.2. The number of hydrogen-bond donors (Lipinski definition) is 0. The fraction of sp³-hybridized carbons (Fsp3) is 0.489. The topological polar surface area (TPSA) is 25.6 Å². The Balaban J connectivity index is 1.40. The highest BCUT2D eigenvalue weighted by atomic mass is 19.1. The van der Waals surface area contributed by atoms with Gasteiger partial charge in [0, 0.05) is 54.0 Å². The van der Waals surface area contributed by atoms with Crippen LogP contribution in [0.25, 0.3) is 33.4 Å². The first-order valence-electron chi connectivity index (χ1n) is 19.1. The van der Waals surface area contributed by atoms with Crippen LogP contribution >= 0.6 is 0 Å². The number of benzene rings is 2. The molecule has 0 amide bonds. The molecule has 2 aromatic carbocycles. The van der Waals surface area contributed by atoms with Crippen LogP contribution in [-0.2, 0) is 41.8 Å². The van der Waals surface area contributed by atoms with E-state index in [-0.39, 0.29) is 22.2 Å². The van der Waals surface area contributed by atoms with Crippen molar-refractivity contribution in [2.24, 2.45) is 7.05 Å². The van der Waals surface area contributed by atoms with Gasteiger partial charge < -0.3 is 0 Å². The summed E-state index contributed by atoms with van der Waals surface area (Å²) in [6.45, 7) is 21.5. The zero-order chi connectivity index (χ0) is 35.8. The number of halogens is 1. The van der Waals surface area contributed by atoms with Gasteiger partial charge >= 0.3 is 0 Å². The van der Waals surface area contributed by atoms with Crippen LogP contribution < -0.4 is 9.13 Å². The van der Waals surface area contributed by atoms with Crippen molar-refractivity contribution in [2.75, 3.05) is 0 Å². The van der Waals surface area contributed by atoms with E-state index in [4.69, 9.17) is 5.10 Å². The number of nitrogens with zero attached hydrogens (tertiary/aromatic N) is 4. The molecule has 4 nitrogen and oxygen atoms in total. The van der Waals surface area contributed by atoms with Gasteiger partial charge in [-0.15, -0.1) is 0 Å². The minimum absolute atomic E-state index is 0.0513. The molecule has 0 spiro atoms. The second-order valence-corrected chi connectivity index (χ2v) is 17.0. The standard InChI is InChI=1S/C45H57FN4/c1-11-14-18-30-27-31-22-26-49-41-38(31)33(28-30)43(7,8)40-34(46)21-20-32(39(40)41)44(9,12-2)45(49,13-3)23-17-25-50-36(29-37(47-50)42(4,5)6)35-19-15-16-24-48(35)10/h15-16,19-22,24,26-29H,11-14,17-18,23,25H2,1-10H3/q+2. The summed E-state index contributed by atoms with van der Waals surface area (Å²) in [4.78, 5) is 0. The summed E-state index contributed by atoms with van der Waals surface area (Å²) in [5.74, 6) is -0.0840. The van der Waals surface area contributed by atoms with Crippen molar-refractivity contribution in [3.05, 3.63) is 101 Å². The van der Waals surface area contributed by atoms with E-state index in [1.54, 1.807) is 6.07 Å². The average Bonchev–Trinajstić information content (AvgIpc) is 3.52. The van der Waals surface area contributed by atoms with Crippen LogP contribution in [0.5, 0.6) is 0 Å². The van der Waals surface area contributed by atoms with Crippen LogP contribution in [0.1, 0.15) is 129 Å². The number of hydrogen-bond acceptors (Lipinski definition) is 1. The van der Waals surface area contributed by atoms with E-state index in [2.05, 4.69) is 144 Å². The highest BCUT2D eigenvalue weighted by Gasteiger charge is 2.61. The Kier molecular flexibility index (Phi) is 8.39. The summed E-state index contributed by atoms with van der Waals surface area (Å²) in [5.41, 5.74) is 9.72. The molecule has 7 rings (SSSR count). The molecule has 0 bridgehead atoms. The third-order valence-corrected chi connectivity index (χ3v) is 12.8. The lowest BCUT2D eigenvalue weighted by Gasteiger charge is -2.50. The maximum Gasteiger partial charge on any atom is 0.230 e. The molecule has 0 saturated heterocycles. The van der Waals surface area contributed by atoms with E-state index in [1.165, 1.54) is 38.9 Å². The van der Waals surface area contributed by atoms with Gasteiger partial charge in [-0.1, -0.05) is 80.0 Å². The summed E-state index contributed by atoms with van der Waals surface area (Å²) >= 11 is 0. The van der Waals surface area contributed by atoms with Crippen LogP contribution in [0.2, 0.25) is 0 Å². The van der Waals surface area contributed by atoms with Gasteiger partial charge in [-0.25, -0.2) is 4.39 Å². The summed E-state index contributed by atoms with van der Waals surface area (Å²) in [6, 6.07) is 19.8. The fourth-order valence-electron chi connectivity index (χ4n) is 9.76. The maximum absolute atomic E-state index is 16.4. The largest absolute Gasteiger partial charge is 0.258 e. The van der Waals surface area contributed by atoms with E-state index in [9.17, 15) is 0 Å². The van der Waals surface area contributed by atoms with Crippen LogP contribution in [-0.4, -0.2) is 9.78 Å². The number of aryl methyl sites for hydroxylation is 3. The van der Waals surface area contributed by atoms with Crippen molar-refractivity contribution in [3.8, 4) is 22.6 Å². The van der Waals surface area contributed by atoms with E-state index >= 15 is 4.39 Å².